The van der Waals surface area contributed by atoms with Crippen molar-refractivity contribution < 1.29 is 4.39 Å². The molecule has 1 N–H and O–H groups in total. The molecule has 1 heterocycles. The van der Waals surface area contributed by atoms with Crippen molar-refractivity contribution in [3.05, 3.63) is 34.6 Å². The van der Waals surface area contributed by atoms with Crippen LogP contribution in [0.1, 0.15) is 31.7 Å². The van der Waals surface area contributed by atoms with Crippen LogP contribution in [0.25, 0.3) is 0 Å². The minimum absolute atomic E-state index is 0.201. The summed E-state index contributed by atoms with van der Waals surface area (Å²) in [6.45, 7) is 5.93. The van der Waals surface area contributed by atoms with Gasteiger partial charge >= 0.3 is 0 Å². The van der Waals surface area contributed by atoms with Gasteiger partial charge < -0.3 is 5.32 Å². The van der Waals surface area contributed by atoms with Crippen LogP contribution in [0.2, 0.25) is 5.02 Å². The Morgan fingerprint density at radius 1 is 1.47 bits per heavy atom. The smallest absolute Gasteiger partial charge is 0.129 e. The topological polar surface area (TPSA) is 15.3 Å². The summed E-state index contributed by atoms with van der Waals surface area (Å²) < 4.78 is 13.8. The van der Waals surface area contributed by atoms with Crippen LogP contribution in [0.15, 0.2) is 18.2 Å². The highest BCUT2D eigenvalue weighted by Gasteiger charge is 2.18. The van der Waals surface area contributed by atoms with Crippen molar-refractivity contribution in [2.24, 2.45) is 0 Å². The summed E-state index contributed by atoms with van der Waals surface area (Å²) in [5, 5.41) is 3.96. The molecule has 0 amide bonds. The van der Waals surface area contributed by atoms with Crippen LogP contribution < -0.4 is 5.32 Å². The predicted molar refractivity (Wildman–Crippen MR) is 78.0 cm³/mol. The second-order valence-corrected chi connectivity index (χ2v) is 5.70. The van der Waals surface area contributed by atoms with Crippen LogP contribution in [-0.2, 0) is 6.54 Å². The highest BCUT2D eigenvalue weighted by atomic mass is 35.5. The summed E-state index contributed by atoms with van der Waals surface area (Å²) in [4.78, 5) is 2.33. The van der Waals surface area contributed by atoms with Crippen LogP contribution in [0.5, 0.6) is 0 Å². The van der Waals surface area contributed by atoms with Gasteiger partial charge in [0.1, 0.15) is 5.82 Å². The third kappa shape index (κ3) is 4.44. The molecule has 1 aliphatic rings. The summed E-state index contributed by atoms with van der Waals surface area (Å²) in [5.74, 6) is -0.201. The van der Waals surface area contributed by atoms with E-state index in [1.165, 1.54) is 18.9 Å². The molecule has 0 aromatic heterocycles. The highest BCUT2D eigenvalue weighted by Crippen LogP contribution is 2.17. The Bertz CT molecular complexity index is 405. The van der Waals surface area contributed by atoms with E-state index in [1.807, 2.05) is 0 Å². The van der Waals surface area contributed by atoms with Gasteiger partial charge in [-0.15, -0.1) is 0 Å². The molecule has 0 saturated carbocycles. The summed E-state index contributed by atoms with van der Waals surface area (Å²) >= 11 is 5.79. The largest absolute Gasteiger partial charge is 0.313 e. The molecule has 1 aliphatic heterocycles. The lowest BCUT2D eigenvalue weighted by Crippen LogP contribution is -2.37. The zero-order valence-electron chi connectivity index (χ0n) is 11.5. The Kier molecular flexibility index (Phi) is 5.61. The van der Waals surface area contributed by atoms with E-state index in [9.17, 15) is 4.39 Å². The fourth-order valence-electron chi connectivity index (χ4n) is 2.67. The van der Waals surface area contributed by atoms with Crippen LogP contribution >= 0.6 is 11.6 Å². The quantitative estimate of drug-likeness (QED) is 0.861. The molecule has 1 saturated heterocycles. The van der Waals surface area contributed by atoms with Gasteiger partial charge in [0.25, 0.3) is 0 Å². The average Bonchev–Trinajstić information content (AvgIpc) is 2.86. The Hall–Kier alpha value is -0.640. The van der Waals surface area contributed by atoms with Gasteiger partial charge in [0.05, 0.1) is 0 Å². The Morgan fingerprint density at radius 3 is 2.95 bits per heavy atom. The van der Waals surface area contributed by atoms with E-state index < -0.39 is 0 Å². The molecule has 0 spiro atoms. The predicted octanol–water partition coefficient (Wildman–Crippen LogP) is 3.44. The molecular formula is C15H22ClFN2. The number of nitrogens with zero attached hydrogens (tertiary/aromatic N) is 1. The van der Waals surface area contributed by atoms with Crippen molar-refractivity contribution in [2.75, 3.05) is 19.6 Å². The lowest BCUT2D eigenvalue weighted by molar-refractivity contribution is 0.238. The van der Waals surface area contributed by atoms with Crippen molar-refractivity contribution in [3.8, 4) is 0 Å². The van der Waals surface area contributed by atoms with Crippen molar-refractivity contribution in [1.29, 1.82) is 0 Å². The second-order valence-electron chi connectivity index (χ2n) is 5.26. The van der Waals surface area contributed by atoms with Gasteiger partial charge in [-0.1, -0.05) is 24.6 Å². The number of benzene rings is 1. The average molecular weight is 285 g/mol. The van der Waals surface area contributed by atoms with E-state index in [2.05, 4.69) is 17.1 Å². The van der Waals surface area contributed by atoms with Gasteiger partial charge in [-0.3, -0.25) is 4.90 Å². The molecule has 1 aromatic carbocycles. The summed E-state index contributed by atoms with van der Waals surface area (Å²) in [6.07, 6.45) is 3.56. The summed E-state index contributed by atoms with van der Waals surface area (Å²) in [5.41, 5.74) is 0.732. The first-order chi connectivity index (χ1) is 9.19. The van der Waals surface area contributed by atoms with Gasteiger partial charge in [0.2, 0.25) is 0 Å². The normalized spacial score (nSPS) is 19.3. The first kappa shape index (κ1) is 14.8. The van der Waals surface area contributed by atoms with Crippen molar-refractivity contribution in [3.63, 3.8) is 0 Å². The van der Waals surface area contributed by atoms with E-state index >= 15 is 0 Å². The van der Waals surface area contributed by atoms with Crippen LogP contribution in [-0.4, -0.2) is 30.6 Å². The number of rotatable bonds is 6. The van der Waals surface area contributed by atoms with Crippen LogP contribution in [0.3, 0.4) is 0 Å². The lowest BCUT2D eigenvalue weighted by atomic mass is 10.1. The Balaban J connectivity index is 1.98. The number of nitrogens with one attached hydrogen (secondary N) is 1. The molecule has 0 bridgehead atoms. The fraction of sp³-hybridized carbons (Fsp3) is 0.600. The molecule has 19 heavy (non-hydrogen) atoms. The Morgan fingerprint density at radius 2 is 2.32 bits per heavy atom. The minimum atomic E-state index is -0.201. The van der Waals surface area contributed by atoms with Gasteiger partial charge in [-0.05, 0) is 44.5 Å². The zero-order chi connectivity index (χ0) is 13.7. The fourth-order valence-corrected chi connectivity index (χ4v) is 2.82. The molecule has 1 unspecified atom stereocenters. The third-order valence-electron chi connectivity index (χ3n) is 3.59. The van der Waals surface area contributed by atoms with Crippen molar-refractivity contribution >= 4 is 11.6 Å². The molecule has 2 nitrogen and oxygen atoms in total. The molecular weight excluding hydrogens is 263 g/mol. The minimum Gasteiger partial charge on any atom is -0.313 e. The maximum Gasteiger partial charge on any atom is 0.129 e. The number of halogens is 2. The van der Waals surface area contributed by atoms with Gasteiger partial charge in [-0.25, -0.2) is 4.39 Å². The van der Waals surface area contributed by atoms with Gasteiger partial charge in [0, 0.05) is 29.7 Å². The standard InChI is InChI=1S/C15H22ClFN2/c1-2-8-19(11-14-4-3-7-18-14)10-12-5-6-13(16)9-15(12)17/h5-6,9,14,18H,2-4,7-8,10-11H2,1H3. The SMILES string of the molecule is CCCN(Cc1ccc(Cl)cc1F)CC1CCCN1. The summed E-state index contributed by atoms with van der Waals surface area (Å²) in [6, 6.07) is 5.51. The van der Waals surface area contributed by atoms with E-state index in [0.717, 1.165) is 31.6 Å². The van der Waals surface area contributed by atoms with Crippen LogP contribution in [0.4, 0.5) is 4.39 Å². The van der Waals surface area contributed by atoms with Crippen molar-refractivity contribution in [2.45, 2.75) is 38.8 Å². The maximum absolute atomic E-state index is 13.8. The molecule has 1 fully saturated rings. The van der Waals surface area contributed by atoms with E-state index in [1.54, 1.807) is 12.1 Å². The van der Waals surface area contributed by atoms with E-state index in [0.29, 0.717) is 17.6 Å². The maximum atomic E-state index is 13.8. The van der Waals surface area contributed by atoms with E-state index in [-0.39, 0.29) is 5.82 Å². The molecule has 4 heteroatoms. The summed E-state index contributed by atoms with van der Waals surface area (Å²) in [7, 11) is 0. The van der Waals surface area contributed by atoms with Crippen molar-refractivity contribution in [1.82, 2.24) is 10.2 Å². The first-order valence-corrected chi connectivity index (χ1v) is 7.46. The second kappa shape index (κ2) is 7.22. The molecule has 0 radical (unpaired) electrons. The molecule has 2 rings (SSSR count). The number of hydrogen-bond acceptors (Lipinski definition) is 2. The Labute approximate surface area is 119 Å². The third-order valence-corrected chi connectivity index (χ3v) is 3.82. The zero-order valence-corrected chi connectivity index (χ0v) is 12.2. The van der Waals surface area contributed by atoms with Crippen LogP contribution in [0, 0.1) is 5.82 Å². The molecule has 106 valence electrons. The van der Waals surface area contributed by atoms with Gasteiger partial charge in [-0.2, -0.15) is 0 Å². The van der Waals surface area contributed by atoms with E-state index in [4.69, 9.17) is 11.6 Å². The first-order valence-electron chi connectivity index (χ1n) is 7.08. The molecule has 0 aliphatic carbocycles. The number of hydrogen-bond donors (Lipinski definition) is 1. The highest BCUT2D eigenvalue weighted by molar-refractivity contribution is 6.30. The van der Waals surface area contributed by atoms with Gasteiger partial charge in [0.15, 0.2) is 0 Å². The monoisotopic (exact) mass is 284 g/mol. The lowest BCUT2D eigenvalue weighted by Gasteiger charge is -2.25. The molecule has 1 atom stereocenters. The molecule has 1 aromatic rings.